The van der Waals surface area contributed by atoms with E-state index in [1.165, 1.54) is 30.5 Å². The maximum absolute atomic E-state index is 13.7. The van der Waals surface area contributed by atoms with Gasteiger partial charge >= 0.3 is 0 Å². The quantitative estimate of drug-likeness (QED) is 0.756. The summed E-state index contributed by atoms with van der Waals surface area (Å²) in [6.07, 6.45) is 1.94. The summed E-state index contributed by atoms with van der Waals surface area (Å²) in [7, 11) is 4.72. The Hall–Kier alpha value is -1.43. The molecule has 0 aliphatic heterocycles. The van der Waals surface area contributed by atoms with Gasteiger partial charge in [0.1, 0.15) is 0 Å². The number of methoxy groups -OCH3 is 2. The van der Waals surface area contributed by atoms with Crippen molar-refractivity contribution in [1.82, 2.24) is 4.90 Å². The fourth-order valence-electron chi connectivity index (χ4n) is 2.00. The number of thioether (sulfide) groups is 1. The van der Waals surface area contributed by atoms with Gasteiger partial charge in [0.05, 0.1) is 14.2 Å². The van der Waals surface area contributed by atoms with Gasteiger partial charge in [0, 0.05) is 18.5 Å². The fraction of sp³-hybridized carbons (Fsp3) is 0.533. The molecule has 0 spiro atoms. The number of ether oxygens (including phenoxy) is 2. The summed E-state index contributed by atoms with van der Waals surface area (Å²) in [5.41, 5.74) is -0.995. The molecule has 1 rings (SSSR count). The van der Waals surface area contributed by atoms with Crippen LogP contribution in [0, 0.1) is 0 Å². The molecular formula is C15H22FNO3S. The van der Waals surface area contributed by atoms with E-state index in [1.54, 1.807) is 21.3 Å². The molecule has 4 nitrogen and oxygen atoms in total. The van der Waals surface area contributed by atoms with Crippen molar-refractivity contribution >= 4 is 17.7 Å². The van der Waals surface area contributed by atoms with Gasteiger partial charge in [0.15, 0.2) is 17.2 Å². The highest BCUT2D eigenvalue weighted by atomic mass is 32.2. The second-order valence-corrected chi connectivity index (χ2v) is 6.00. The number of hydrogen-bond donors (Lipinski definition) is 0. The lowest BCUT2D eigenvalue weighted by Gasteiger charge is -2.24. The van der Waals surface area contributed by atoms with Gasteiger partial charge in [-0.05, 0) is 37.8 Å². The van der Waals surface area contributed by atoms with E-state index < -0.39 is 11.6 Å². The zero-order chi connectivity index (χ0) is 16.2. The highest BCUT2D eigenvalue weighted by Crippen LogP contribution is 2.35. The Bertz CT molecular complexity index is 514. The summed E-state index contributed by atoms with van der Waals surface area (Å²) < 4.78 is 24.3. The van der Waals surface area contributed by atoms with Gasteiger partial charge in [-0.25, -0.2) is 4.39 Å². The zero-order valence-electron chi connectivity index (χ0n) is 13.3. The number of alkyl halides is 1. The molecule has 0 aliphatic carbocycles. The Balaban J connectivity index is 3.10. The number of carbonyl (C=O) groups excluding carboxylic acids is 1. The Kier molecular flexibility index (Phi) is 5.89. The molecule has 0 N–H and O–H groups in total. The third kappa shape index (κ3) is 4.27. The fourth-order valence-corrected chi connectivity index (χ4v) is 2.61. The summed E-state index contributed by atoms with van der Waals surface area (Å²) in [6.45, 7) is 2.83. The summed E-state index contributed by atoms with van der Waals surface area (Å²) in [5.74, 6) is 0.667. The van der Waals surface area contributed by atoms with Crippen molar-refractivity contribution < 1.29 is 18.7 Å². The lowest BCUT2D eigenvalue weighted by atomic mass is 10.1. The van der Waals surface area contributed by atoms with Gasteiger partial charge < -0.3 is 14.4 Å². The Morgan fingerprint density at radius 3 is 2.24 bits per heavy atom. The molecule has 0 fully saturated rings. The first-order valence-electron chi connectivity index (χ1n) is 6.48. The number of carbonyl (C=O) groups is 1. The van der Waals surface area contributed by atoms with E-state index in [0.29, 0.717) is 18.0 Å². The van der Waals surface area contributed by atoms with E-state index >= 15 is 0 Å². The maximum Gasteiger partial charge on any atom is 0.259 e. The predicted molar refractivity (Wildman–Crippen MR) is 83.0 cm³/mol. The molecule has 118 valence electrons. The number of amides is 1. The van der Waals surface area contributed by atoms with E-state index in [2.05, 4.69) is 0 Å². The first kappa shape index (κ1) is 17.6. The van der Waals surface area contributed by atoms with Crippen LogP contribution in [-0.4, -0.2) is 44.0 Å². The predicted octanol–water partition coefficient (Wildman–Crippen LogP) is 3.13. The SMILES string of the molecule is COc1cc(CN(C)C(=O)C(C)(C)F)c(SC)cc1OC. The second-order valence-electron chi connectivity index (χ2n) is 5.15. The van der Waals surface area contributed by atoms with Crippen molar-refractivity contribution in [3.05, 3.63) is 17.7 Å². The maximum atomic E-state index is 13.7. The van der Waals surface area contributed by atoms with Crippen LogP contribution in [0.1, 0.15) is 19.4 Å². The highest BCUT2D eigenvalue weighted by molar-refractivity contribution is 7.98. The summed E-state index contributed by atoms with van der Waals surface area (Å²) in [4.78, 5) is 14.3. The topological polar surface area (TPSA) is 38.8 Å². The van der Waals surface area contributed by atoms with Crippen molar-refractivity contribution in [2.75, 3.05) is 27.5 Å². The lowest BCUT2D eigenvalue weighted by molar-refractivity contribution is -0.141. The molecule has 0 radical (unpaired) electrons. The molecule has 0 saturated carbocycles. The van der Waals surface area contributed by atoms with Crippen molar-refractivity contribution in [3.8, 4) is 11.5 Å². The molecule has 0 aromatic heterocycles. The minimum Gasteiger partial charge on any atom is -0.493 e. The van der Waals surface area contributed by atoms with E-state index in [4.69, 9.17) is 9.47 Å². The van der Waals surface area contributed by atoms with Gasteiger partial charge in [-0.3, -0.25) is 4.79 Å². The van der Waals surface area contributed by atoms with E-state index in [9.17, 15) is 9.18 Å². The van der Waals surface area contributed by atoms with Crippen molar-refractivity contribution in [3.63, 3.8) is 0 Å². The average molecular weight is 315 g/mol. The largest absolute Gasteiger partial charge is 0.493 e. The third-order valence-electron chi connectivity index (χ3n) is 3.05. The Morgan fingerprint density at radius 1 is 1.29 bits per heavy atom. The molecule has 6 heteroatoms. The van der Waals surface area contributed by atoms with Crippen LogP contribution in [0.4, 0.5) is 4.39 Å². The smallest absolute Gasteiger partial charge is 0.259 e. The van der Waals surface area contributed by atoms with E-state index in [-0.39, 0.29) is 0 Å². The van der Waals surface area contributed by atoms with Gasteiger partial charge in [0.2, 0.25) is 0 Å². The molecule has 21 heavy (non-hydrogen) atoms. The van der Waals surface area contributed by atoms with Crippen LogP contribution in [0.3, 0.4) is 0 Å². The number of nitrogens with zero attached hydrogens (tertiary/aromatic N) is 1. The summed E-state index contributed by atoms with van der Waals surface area (Å²) in [6, 6.07) is 3.68. The normalized spacial score (nSPS) is 11.2. The van der Waals surface area contributed by atoms with Crippen molar-refractivity contribution in [1.29, 1.82) is 0 Å². The van der Waals surface area contributed by atoms with Crippen LogP contribution in [0.25, 0.3) is 0 Å². The minimum atomic E-state index is -1.88. The minimum absolute atomic E-state index is 0.308. The summed E-state index contributed by atoms with van der Waals surface area (Å²) >= 11 is 1.54. The van der Waals surface area contributed by atoms with Crippen molar-refractivity contribution in [2.45, 2.75) is 31.0 Å². The highest BCUT2D eigenvalue weighted by Gasteiger charge is 2.30. The van der Waals surface area contributed by atoms with Gasteiger partial charge in [-0.1, -0.05) is 0 Å². The molecule has 0 saturated heterocycles. The van der Waals surface area contributed by atoms with Gasteiger partial charge in [-0.2, -0.15) is 0 Å². The van der Waals surface area contributed by atoms with Crippen LogP contribution in [0.5, 0.6) is 11.5 Å². The van der Waals surface area contributed by atoms with Crippen LogP contribution < -0.4 is 9.47 Å². The monoisotopic (exact) mass is 315 g/mol. The van der Waals surface area contributed by atoms with Crippen LogP contribution in [0.15, 0.2) is 17.0 Å². The number of rotatable bonds is 6. The molecule has 0 aliphatic rings. The third-order valence-corrected chi connectivity index (χ3v) is 3.87. The first-order valence-corrected chi connectivity index (χ1v) is 7.70. The Labute approximate surface area is 129 Å². The number of benzene rings is 1. The van der Waals surface area contributed by atoms with Gasteiger partial charge in [-0.15, -0.1) is 11.8 Å². The molecule has 0 unspecified atom stereocenters. The Morgan fingerprint density at radius 2 is 1.81 bits per heavy atom. The molecule has 0 bridgehead atoms. The molecular weight excluding hydrogens is 293 g/mol. The average Bonchev–Trinajstić information content (AvgIpc) is 2.44. The second kappa shape index (κ2) is 7.02. The first-order chi connectivity index (χ1) is 9.74. The van der Waals surface area contributed by atoms with Crippen LogP contribution in [-0.2, 0) is 11.3 Å². The molecule has 0 atom stereocenters. The van der Waals surface area contributed by atoms with Crippen LogP contribution in [0.2, 0.25) is 0 Å². The molecule has 1 aromatic rings. The van der Waals surface area contributed by atoms with Gasteiger partial charge in [0.25, 0.3) is 5.91 Å². The molecule has 1 aromatic carbocycles. The lowest BCUT2D eigenvalue weighted by Crippen LogP contribution is -2.39. The molecule has 1 amide bonds. The van der Waals surface area contributed by atoms with Crippen molar-refractivity contribution in [2.24, 2.45) is 0 Å². The van der Waals surface area contributed by atoms with E-state index in [0.717, 1.165) is 10.5 Å². The number of halogens is 1. The number of hydrogen-bond acceptors (Lipinski definition) is 4. The standard InChI is InChI=1S/C15H22FNO3S/c1-15(2,16)14(18)17(3)9-10-7-11(19-4)12(20-5)8-13(10)21-6/h7-8H,9H2,1-6H3. The van der Waals surface area contributed by atoms with Crippen LogP contribution >= 0.6 is 11.8 Å². The zero-order valence-corrected chi connectivity index (χ0v) is 14.1. The summed E-state index contributed by atoms with van der Waals surface area (Å²) in [5, 5.41) is 0. The van der Waals surface area contributed by atoms with E-state index in [1.807, 2.05) is 18.4 Å². The molecule has 0 heterocycles.